The highest BCUT2D eigenvalue weighted by Gasteiger charge is 2.47. The molecule has 1 atom stereocenters. The van der Waals surface area contributed by atoms with Crippen LogP contribution in [0, 0.1) is 12.7 Å². The number of carbonyl (C=O) groups is 1. The predicted molar refractivity (Wildman–Crippen MR) is 144 cm³/mol. The van der Waals surface area contributed by atoms with Gasteiger partial charge in [-0.05, 0) is 97.4 Å². The van der Waals surface area contributed by atoms with E-state index >= 15 is 0 Å². The minimum Gasteiger partial charge on any atom is -0.492 e. The number of aryl methyl sites for hydroxylation is 1. The summed E-state index contributed by atoms with van der Waals surface area (Å²) in [6.07, 6.45) is 4.49. The summed E-state index contributed by atoms with van der Waals surface area (Å²) in [7, 11) is 0. The molecule has 6 rings (SSSR count). The highest BCUT2D eigenvalue weighted by Crippen LogP contribution is 2.49. The largest absolute Gasteiger partial charge is 0.492 e. The predicted octanol–water partition coefficient (Wildman–Crippen LogP) is 6.16. The number of aromatic nitrogens is 1. The van der Waals surface area contributed by atoms with Crippen molar-refractivity contribution >= 4 is 28.4 Å². The zero-order valence-electron chi connectivity index (χ0n) is 20.5. The lowest BCUT2D eigenvalue weighted by Crippen LogP contribution is -2.46. The van der Waals surface area contributed by atoms with Crippen LogP contribution in [0.2, 0.25) is 5.02 Å². The molecule has 5 nitrogen and oxygen atoms in total. The van der Waals surface area contributed by atoms with Crippen LogP contribution in [0.5, 0.6) is 5.75 Å². The van der Waals surface area contributed by atoms with E-state index in [9.17, 15) is 9.18 Å². The van der Waals surface area contributed by atoms with Crippen LogP contribution in [-0.4, -0.2) is 30.1 Å². The number of hydrogen-bond acceptors (Lipinski definition) is 4. The lowest BCUT2D eigenvalue weighted by atomic mass is 9.93. The fourth-order valence-corrected chi connectivity index (χ4v) is 5.10. The summed E-state index contributed by atoms with van der Waals surface area (Å²) in [5.74, 6) is 0.106. The van der Waals surface area contributed by atoms with Crippen LogP contribution in [-0.2, 0) is 5.54 Å². The molecule has 0 radical (unpaired) electrons. The minimum absolute atomic E-state index is 0.0697. The number of hydrogen-bond donors (Lipinski definition) is 2. The highest BCUT2D eigenvalue weighted by atomic mass is 35.5. The van der Waals surface area contributed by atoms with Crippen LogP contribution in [0.25, 0.3) is 22.0 Å². The number of nitrogens with zero attached hydrogens (tertiary/aromatic N) is 1. The van der Waals surface area contributed by atoms with Gasteiger partial charge in [0.2, 0.25) is 0 Å². The second-order valence-electron chi connectivity index (χ2n) is 9.99. The van der Waals surface area contributed by atoms with Crippen molar-refractivity contribution in [3.8, 4) is 16.9 Å². The average molecular weight is 516 g/mol. The molecule has 2 heterocycles. The maximum absolute atomic E-state index is 13.8. The topological polar surface area (TPSA) is 63.2 Å². The zero-order chi connectivity index (χ0) is 25.6. The lowest BCUT2D eigenvalue weighted by molar-refractivity contribution is 0.0930. The molecule has 7 heteroatoms. The Kier molecular flexibility index (Phi) is 6.09. The van der Waals surface area contributed by atoms with Gasteiger partial charge in [0.25, 0.3) is 5.91 Å². The van der Waals surface area contributed by atoms with Crippen molar-refractivity contribution in [3.63, 3.8) is 0 Å². The molecule has 2 N–H and O–H groups in total. The minimum atomic E-state index is -0.503. The van der Waals surface area contributed by atoms with Crippen molar-refractivity contribution in [2.24, 2.45) is 0 Å². The maximum Gasteiger partial charge on any atom is 0.252 e. The third-order valence-corrected chi connectivity index (χ3v) is 7.71. The van der Waals surface area contributed by atoms with Gasteiger partial charge in [-0.1, -0.05) is 29.8 Å². The Morgan fingerprint density at radius 1 is 1.16 bits per heavy atom. The second-order valence-corrected chi connectivity index (χ2v) is 10.4. The molecule has 1 amide bonds. The van der Waals surface area contributed by atoms with E-state index in [2.05, 4.69) is 21.7 Å². The van der Waals surface area contributed by atoms with Crippen LogP contribution in [0.4, 0.5) is 4.39 Å². The summed E-state index contributed by atoms with van der Waals surface area (Å²) in [5, 5.41) is 7.70. The van der Waals surface area contributed by atoms with E-state index in [0.29, 0.717) is 24.0 Å². The molecule has 1 saturated heterocycles. The summed E-state index contributed by atoms with van der Waals surface area (Å²) >= 11 is 6.08. The fraction of sp³-hybridized carbons (Fsp3) is 0.267. The van der Waals surface area contributed by atoms with Gasteiger partial charge in [-0.25, -0.2) is 4.39 Å². The molecule has 3 aromatic carbocycles. The fourth-order valence-electron chi connectivity index (χ4n) is 4.92. The molecule has 2 aliphatic rings. The molecule has 1 aliphatic heterocycles. The molecular weight excluding hydrogens is 489 g/mol. The van der Waals surface area contributed by atoms with E-state index in [1.165, 1.54) is 6.07 Å². The van der Waals surface area contributed by atoms with Crippen molar-refractivity contribution in [1.29, 1.82) is 0 Å². The van der Waals surface area contributed by atoms with E-state index < -0.39 is 11.4 Å². The molecule has 0 bridgehead atoms. The van der Waals surface area contributed by atoms with Crippen LogP contribution in [0.15, 0.2) is 66.9 Å². The number of ether oxygens (including phenoxy) is 1. The van der Waals surface area contributed by atoms with Gasteiger partial charge in [-0.15, -0.1) is 0 Å². The number of nitrogens with one attached hydrogen (secondary N) is 2. The van der Waals surface area contributed by atoms with Crippen molar-refractivity contribution in [2.75, 3.05) is 13.2 Å². The Labute approximate surface area is 220 Å². The Balaban J connectivity index is 1.33. The Hall–Kier alpha value is -3.48. The summed E-state index contributed by atoms with van der Waals surface area (Å²) < 4.78 is 19.8. The molecular formula is C30H27ClFN3O2. The lowest BCUT2D eigenvalue weighted by Gasteiger charge is -2.27. The number of pyridine rings is 1. The van der Waals surface area contributed by atoms with Gasteiger partial charge in [0, 0.05) is 23.2 Å². The smallest absolute Gasteiger partial charge is 0.252 e. The number of fused-ring (bicyclic) bond motifs is 1. The van der Waals surface area contributed by atoms with Gasteiger partial charge in [0.1, 0.15) is 18.2 Å². The Morgan fingerprint density at radius 2 is 2.00 bits per heavy atom. The Bertz CT molecular complexity index is 1510. The van der Waals surface area contributed by atoms with E-state index in [1.807, 2.05) is 43.3 Å². The van der Waals surface area contributed by atoms with Crippen LogP contribution < -0.4 is 15.4 Å². The summed E-state index contributed by atoms with van der Waals surface area (Å²) in [5.41, 5.74) is 4.48. The molecule has 0 spiro atoms. The van der Waals surface area contributed by atoms with Gasteiger partial charge in [0.15, 0.2) is 0 Å². The van der Waals surface area contributed by atoms with Gasteiger partial charge in [-0.3, -0.25) is 9.78 Å². The van der Waals surface area contributed by atoms with Gasteiger partial charge < -0.3 is 15.4 Å². The van der Waals surface area contributed by atoms with Gasteiger partial charge in [-0.2, -0.15) is 0 Å². The maximum atomic E-state index is 13.8. The van der Waals surface area contributed by atoms with E-state index in [1.54, 1.807) is 18.3 Å². The third kappa shape index (κ3) is 4.67. The van der Waals surface area contributed by atoms with E-state index in [4.69, 9.17) is 16.3 Å². The van der Waals surface area contributed by atoms with Crippen LogP contribution >= 0.6 is 11.6 Å². The molecule has 1 aliphatic carbocycles. The number of rotatable bonds is 7. The van der Waals surface area contributed by atoms with E-state index in [0.717, 1.165) is 59.0 Å². The van der Waals surface area contributed by atoms with Gasteiger partial charge in [0.05, 0.1) is 16.1 Å². The first-order chi connectivity index (χ1) is 17.9. The molecule has 1 saturated carbocycles. The third-order valence-electron chi connectivity index (χ3n) is 7.42. The SMILES string of the molecule is Cc1ccc(OCC2CCN2)cc1C(=O)NC1(c2cc(-c3ccc(F)c(Cl)c3)cc3ncccc23)CC1. The number of carbonyl (C=O) groups excluding carboxylic acids is 1. The first-order valence-electron chi connectivity index (χ1n) is 12.6. The molecule has 1 aromatic heterocycles. The number of amides is 1. The van der Waals surface area contributed by atoms with Gasteiger partial charge >= 0.3 is 0 Å². The highest BCUT2D eigenvalue weighted by molar-refractivity contribution is 6.31. The average Bonchev–Trinajstić information content (AvgIpc) is 3.65. The number of halogens is 2. The van der Waals surface area contributed by atoms with Crippen LogP contribution in [0.3, 0.4) is 0 Å². The second kappa shape index (κ2) is 9.43. The Morgan fingerprint density at radius 3 is 2.73 bits per heavy atom. The standard InChI is InChI=1S/C30H27ClFN3O2/c1-18-4-6-22(37-17-21-8-12-33-21)16-24(18)29(36)35-30(9-10-30)25-13-20(15-28-23(25)3-2-11-34-28)19-5-7-27(32)26(31)14-19/h2-7,11,13-16,21,33H,8-10,12,17H2,1H3,(H,35,36). The summed E-state index contributed by atoms with van der Waals surface area (Å²) in [6.45, 7) is 3.55. The van der Waals surface area contributed by atoms with E-state index in [-0.39, 0.29) is 10.9 Å². The molecule has 188 valence electrons. The normalized spacial score (nSPS) is 17.8. The van der Waals surface area contributed by atoms with Crippen molar-refractivity contribution in [1.82, 2.24) is 15.6 Å². The summed E-state index contributed by atoms with van der Waals surface area (Å²) in [4.78, 5) is 18.1. The van der Waals surface area contributed by atoms with Crippen LogP contribution in [0.1, 0.15) is 40.7 Å². The molecule has 37 heavy (non-hydrogen) atoms. The van der Waals surface area contributed by atoms with Crippen molar-refractivity contribution in [2.45, 2.75) is 37.8 Å². The summed E-state index contributed by atoms with van der Waals surface area (Å²) in [6, 6.07) is 18.7. The first-order valence-corrected chi connectivity index (χ1v) is 12.9. The zero-order valence-corrected chi connectivity index (χ0v) is 21.2. The number of benzene rings is 3. The quantitative estimate of drug-likeness (QED) is 0.309. The van der Waals surface area contributed by atoms with Crippen molar-refractivity contribution in [3.05, 3.63) is 94.4 Å². The monoisotopic (exact) mass is 515 g/mol. The molecule has 1 unspecified atom stereocenters. The molecule has 4 aromatic rings. The molecule has 2 fully saturated rings. The first kappa shape index (κ1) is 23.9. The van der Waals surface area contributed by atoms with Crippen molar-refractivity contribution < 1.29 is 13.9 Å².